The van der Waals surface area contributed by atoms with Crippen molar-refractivity contribution in [2.75, 3.05) is 0 Å². The topological polar surface area (TPSA) is 78.0 Å². The monoisotopic (exact) mass is 431 g/mol. The Morgan fingerprint density at radius 3 is 2.16 bits per heavy atom. The summed E-state index contributed by atoms with van der Waals surface area (Å²) in [5.41, 5.74) is 8.40. The number of nitrogens with zero attached hydrogens (tertiary/aromatic N) is 2. The molecule has 0 unspecified atom stereocenters. The van der Waals surface area contributed by atoms with E-state index in [0.29, 0.717) is 24.2 Å². The normalized spacial score (nSPS) is 11.3. The van der Waals surface area contributed by atoms with Crippen LogP contribution < -0.4 is 11.3 Å². The molecule has 0 radical (unpaired) electrons. The molecule has 0 fully saturated rings. The summed E-state index contributed by atoms with van der Waals surface area (Å²) >= 11 is 1.55. The highest BCUT2D eigenvalue weighted by molar-refractivity contribution is 7.18. The van der Waals surface area contributed by atoms with Crippen LogP contribution in [0.15, 0.2) is 65.5 Å². The molecule has 4 rings (SSSR count). The Balaban J connectivity index is 1.98. The molecule has 0 aliphatic heterocycles. The van der Waals surface area contributed by atoms with Gasteiger partial charge in [0.15, 0.2) is 0 Å². The van der Waals surface area contributed by atoms with Crippen LogP contribution in [0.25, 0.3) is 10.2 Å². The molecular formula is C25H25N3O2S. The Morgan fingerprint density at radius 2 is 1.61 bits per heavy atom. The first-order chi connectivity index (χ1) is 15.0. The number of primary amides is 1. The molecule has 0 atom stereocenters. The number of aryl methyl sites for hydroxylation is 2. The summed E-state index contributed by atoms with van der Waals surface area (Å²) in [6, 6.07) is 20.2. The summed E-state index contributed by atoms with van der Waals surface area (Å²) in [4.78, 5) is 31.9. The zero-order valence-electron chi connectivity index (χ0n) is 17.7. The molecule has 0 aliphatic rings. The van der Waals surface area contributed by atoms with Gasteiger partial charge in [-0.05, 0) is 37.0 Å². The van der Waals surface area contributed by atoms with Gasteiger partial charge in [0.1, 0.15) is 10.7 Å². The molecule has 2 heterocycles. The molecule has 158 valence electrons. The standard InChI is InChI=1S/C25H25N3O2S/c1-16-17(2)31-24-21(16)25(30)28(15-9-14-20(26)29)23(27-24)22(18-10-5-3-6-11-18)19-12-7-4-8-13-19/h3-8,10-13,22H,9,14-15H2,1-2H3,(H2,26,29). The number of carbonyl (C=O) groups excluding carboxylic acids is 1. The van der Waals surface area contributed by atoms with Gasteiger partial charge in [-0.25, -0.2) is 4.98 Å². The van der Waals surface area contributed by atoms with Crippen LogP contribution in [-0.4, -0.2) is 15.5 Å². The van der Waals surface area contributed by atoms with Gasteiger partial charge in [0, 0.05) is 17.8 Å². The van der Waals surface area contributed by atoms with Crippen molar-refractivity contribution in [3.63, 3.8) is 0 Å². The number of thiophene rings is 1. The van der Waals surface area contributed by atoms with Crippen molar-refractivity contribution >= 4 is 27.5 Å². The number of amides is 1. The van der Waals surface area contributed by atoms with Crippen LogP contribution in [0.3, 0.4) is 0 Å². The lowest BCUT2D eigenvalue weighted by molar-refractivity contribution is -0.118. The van der Waals surface area contributed by atoms with Gasteiger partial charge in [0.2, 0.25) is 5.91 Å². The van der Waals surface area contributed by atoms with Crippen molar-refractivity contribution in [3.05, 3.63) is 98.4 Å². The lowest BCUT2D eigenvalue weighted by atomic mass is 9.90. The second-order valence-corrected chi connectivity index (χ2v) is 8.92. The zero-order valence-corrected chi connectivity index (χ0v) is 18.5. The van der Waals surface area contributed by atoms with Crippen LogP contribution in [0.5, 0.6) is 0 Å². The molecule has 2 aromatic heterocycles. The van der Waals surface area contributed by atoms with E-state index < -0.39 is 0 Å². The third-order valence-electron chi connectivity index (χ3n) is 5.65. The second-order valence-electron chi connectivity index (χ2n) is 7.71. The average Bonchev–Trinajstić information content (AvgIpc) is 3.05. The smallest absolute Gasteiger partial charge is 0.262 e. The Hall–Kier alpha value is -3.25. The molecule has 0 saturated heterocycles. The highest BCUT2D eigenvalue weighted by atomic mass is 32.1. The van der Waals surface area contributed by atoms with E-state index in [-0.39, 0.29) is 23.8 Å². The summed E-state index contributed by atoms with van der Waals surface area (Å²) in [6.07, 6.45) is 0.723. The quantitative estimate of drug-likeness (QED) is 0.467. The lowest BCUT2D eigenvalue weighted by Crippen LogP contribution is -2.28. The minimum atomic E-state index is -0.367. The Labute approximate surface area is 185 Å². The maximum atomic E-state index is 13.6. The Kier molecular flexibility index (Phi) is 6.00. The van der Waals surface area contributed by atoms with Gasteiger partial charge in [-0.1, -0.05) is 60.7 Å². The molecule has 5 nitrogen and oxygen atoms in total. The third kappa shape index (κ3) is 4.16. The number of nitrogens with two attached hydrogens (primary N) is 1. The minimum Gasteiger partial charge on any atom is -0.370 e. The molecule has 0 saturated carbocycles. The van der Waals surface area contributed by atoms with Crippen LogP contribution >= 0.6 is 11.3 Å². The highest BCUT2D eigenvalue weighted by Gasteiger charge is 2.25. The maximum absolute atomic E-state index is 13.6. The van der Waals surface area contributed by atoms with E-state index >= 15 is 0 Å². The SMILES string of the molecule is Cc1sc2nc(C(c3ccccc3)c3ccccc3)n(CCCC(N)=O)c(=O)c2c1C. The lowest BCUT2D eigenvalue weighted by Gasteiger charge is -2.22. The molecule has 2 aromatic carbocycles. The molecule has 4 aromatic rings. The molecule has 31 heavy (non-hydrogen) atoms. The van der Waals surface area contributed by atoms with Gasteiger partial charge >= 0.3 is 0 Å². The van der Waals surface area contributed by atoms with Gasteiger partial charge < -0.3 is 5.73 Å². The van der Waals surface area contributed by atoms with Gasteiger partial charge in [-0.3, -0.25) is 14.2 Å². The molecule has 6 heteroatoms. The second kappa shape index (κ2) is 8.86. The van der Waals surface area contributed by atoms with E-state index in [4.69, 9.17) is 10.7 Å². The van der Waals surface area contributed by atoms with Crippen molar-refractivity contribution in [1.29, 1.82) is 0 Å². The average molecular weight is 432 g/mol. The fourth-order valence-electron chi connectivity index (χ4n) is 3.97. The summed E-state index contributed by atoms with van der Waals surface area (Å²) in [6.45, 7) is 4.38. The molecule has 0 aliphatic carbocycles. The number of hydrogen-bond donors (Lipinski definition) is 1. The van der Waals surface area contributed by atoms with Crippen molar-refractivity contribution in [2.24, 2.45) is 5.73 Å². The van der Waals surface area contributed by atoms with E-state index in [1.54, 1.807) is 15.9 Å². The number of benzene rings is 2. The third-order valence-corrected chi connectivity index (χ3v) is 6.75. The summed E-state index contributed by atoms with van der Waals surface area (Å²) in [5, 5.41) is 0.671. The molecule has 2 N–H and O–H groups in total. The number of hydrogen-bond acceptors (Lipinski definition) is 4. The number of rotatable bonds is 7. The van der Waals surface area contributed by atoms with E-state index in [9.17, 15) is 9.59 Å². The van der Waals surface area contributed by atoms with Gasteiger partial charge in [-0.15, -0.1) is 11.3 Å². The first-order valence-corrected chi connectivity index (χ1v) is 11.2. The maximum Gasteiger partial charge on any atom is 0.262 e. The largest absolute Gasteiger partial charge is 0.370 e. The van der Waals surface area contributed by atoms with Crippen LogP contribution in [0, 0.1) is 13.8 Å². The number of fused-ring (bicyclic) bond motifs is 1. The summed E-state index contributed by atoms with van der Waals surface area (Å²) in [5.74, 6) is 0.130. The van der Waals surface area contributed by atoms with Gasteiger partial charge in [-0.2, -0.15) is 0 Å². The highest BCUT2D eigenvalue weighted by Crippen LogP contribution is 2.33. The Bertz CT molecular complexity index is 1240. The van der Waals surface area contributed by atoms with E-state index in [0.717, 1.165) is 26.4 Å². The van der Waals surface area contributed by atoms with Crippen LogP contribution in [-0.2, 0) is 11.3 Å². The van der Waals surface area contributed by atoms with Crippen LogP contribution in [0.2, 0.25) is 0 Å². The van der Waals surface area contributed by atoms with Crippen molar-refractivity contribution < 1.29 is 4.79 Å². The van der Waals surface area contributed by atoms with Crippen LogP contribution in [0.1, 0.15) is 46.2 Å². The molecular weight excluding hydrogens is 406 g/mol. The van der Waals surface area contributed by atoms with Crippen molar-refractivity contribution in [2.45, 2.75) is 39.2 Å². The fraction of sp³-hybridized carbons (Fsp3) is 0.240. The molecule has 0 bridgehead atoms. The van der Waals surface area contributed by atoms with Gasteiger partial charge in [0.05, 0.1) is 11.3 Å². The minimum absolute atomic E-state index is 0.0526. The van der Waals surface area contributed by atoms with Crippen molar-refractivity contribution in [3.8, 4) is 0 Å². The fourth-order valence-corrected chi connectivity index (χ4v) is 5.00. The Morgan fingerprint density at radius 1 is 1.03 bits per heavy atom. The number of carbonyl (C=O) groups is 1. The van der Waals surface area contributed by atoms with E-state index in [2.05, 4.69) is 24.3 Å². The van der Waals surface area contributed by atoms with Crippen molar-refractivity contribution in [1.82, 2.24) is 9.55 Å². The van der Waals surface area contributed by atoms with E-state index in [1.807, 2.05) is 50.2 Å². The zero-order chi connectivity index (χ0) is 22.0. The van der Waals surface area contributed by atoms with Gasteiger partial charge in [0.25, 0.3) is 5.56 Å². The first kappa shape index (κ1) is 21.0. The van der Waals surface area contributed by atoms with E-state index in [1.165, 1.54) is 0 Å². The summed E-state index contributed by atoms with van der Waals surface area (Å²) in [7, 11) is 0. The molecule has 0 spiro atoms. The predicted molar refractivity (Wildman–Crippen MR) is 126 cm³/mol. The van der Waals surface area contributed by atoms with Crippen LogP contribution in [0.4, 0.5) is 0 Å². The summed E-state index contributed by atoms with van der Waals surface area (Å²) < 4.78 is 1.75. The molecule has 1 amide bonds. The first-order valence-electron chi connectivity index (χ1n) is 10.4. The number of aromatic nitrogens is 2. The predicted octanol–water partition coefficient (Wildman–Crippen LogP) is 4.52.